The van der Waals surface area contributed by atoms with Crippen molar-refractivity contribution >= 4 is 12.1 Å². The molecule has 0 aliphatic carbocycles. The minimum absolute atomic E-state index is 0.271. The highest BCUT2D eigenvalue weighted by molar-refractivity contribution is 5.73. The summed E-state index contributed by atoms with van der Waals surface area (Å²) in [5, 5.41) is 15.4. The fourth-order valence-electron chi connectivity index (χ4n) is 2.83. The number of alkyl carbamates (subject to hydrolysis) is 1. The SMILES string of the molecule is CC(C)(C)OC(=O)NC(CCc1ccccc1)CNC(Cc1cnc[nH]1)C(=O)O. The van der Waals surface area contributed by atoms with Crippen molar-refractivity contribution in [3.05, 3.63) is 54.1 Å². The normalized spacial score (nSPS) is 13.5. The van der Waals surface area contributed by atoms with Gasteiger partial charge in [-0.25, -0.2) is 9.78 Å². The van der Waals surface area contributed by atoms with Gasteiger partial charge in [-0.2, -0.15) is 0 Å². The van der Waals surface area contributed by atoms with Gasteiger partial charge in [0.05, 0.1) is 6.33 Å². The summed E-state index contributed by atoms with van der Waals surface area (Å²) in [6, 6.07) is 8.86. The average molecular weight is 402 g/mol. The number of benzene rings is 1. The smallest absolute Gasteiger partial charge is 0.407 e. The van der Waals surface area contributed by atoms with Gasteiger partial charge in [0.15, 0.2) is 0 Å². The second-order valence-electron chi connectivity index (χ2n) is 7.95. The molecule has 0 fully saturated rings. The van der Waals surface area contributed by atoms with Crippen LogP contribution in [0.1, 0.15) is 38.4 Å². The molecule has 0 saturated heterocycles. The number of hydrogen-bond acceptors (Lipinski definition) is 5. The van der Waals surface area contributed by atoms with Crippen LogP contribution in [-0.2, 0) is 22.4 Å². The van der Waals surface area contributed by atoms with Gasteiger partial charge < -0.3 is 25.5 Å². The monoisotopic (exact) mass is 402 g/mol. The Kier molecular flexibility index (Phi) is 8.21. The van der Waals surface area contributed by atoms with E-state index >= 15 is 0 Å². The molecule has 0 aliphatic rings. The number of carbonyl (C=O) groups is 2. The van der Waals surface area contributed by atoms with Gasteiger partial charge >= 0.3 is 12.1 Å². The number of aryl methyl sites for hydroxylation is 1. The minimum atomic E-state index is -0.960. The van der Waals surface area contributed by atoms with E-state index in [-0.39, 0.29) is 12.5 Å². The maximum Gasteiger partial charge on any atom is 0.407 e. The summed E-state index contributed by atoms with van der Waals surface area (Å²) in [6.07, 6.45) is 4.27. The van der Waals surface area contributed by atoms with E-state index in [0.29, 0.717) is 13.0 Å². The summed E-state index contributed by atoms with van der Waals surface area (Å²) in [7, 11) is 0. The van der Waals surface area contributed by atoms with Crippen molar-refractivity contribution in [1.29, 1.82) is 0 Å². The Morgan fingerprint density at radius 1 is 1.24 bits per heavy atom. The molecule has 0 bridgehead atoms. The largest absolute Gasteiger partial charge is 0.480 e. The van der Waals surface area contributed by atoms with Gasteiger partial charge in [-0.3, -0.25) is 4.79 Å². The molecule has 1 aromatic carbocycles. The molecular weight excluding hydrogens is 372 g/mol. The molecule has 8 nitrogen and oxygen atoms in total. The number of aliphatic carboxylic acids is 1. The third kappa shape index (κ3) is 8.78. The lowest BCUT2D eigenvalue weighted by atomic mass is 10.0. The number of carboxylic acid groups (broad SMARTS) is 1. The first-order valence-electron chi connectivity index (χ1n) is 9.70. The number of amides is 1. The number of rotatable bonds is 10. The Hall–Kier alpha value is -2.87. The Labute approximate surface area is 171 Å². The third-order valence-electron chi connectivity index (χ3n) is 4.23. The van der Waals surface area contributed by atoms with Crippen molar-refractivity contribution < 1.29 is 19.4 Å². The van der Waals surface area contributed by atoms with Crippen molar-refractivity contribution in [3.63, 3.8) is 0 Å². The average Bonchev–Trinajstić information content (AvgIpc) is 3.15. The number of nitrogens with zero attached hydrogens (tertiary/aromatic N) is 1. The summed E-state index contributed by atoms with van der Waals surface area (Å²) in [5.74, 6) is -0.960. The van der Waals surface area contributed by atoms with E-state index in [2.05, 4.69) is 20.6 Å². The molecule has 1 aromatic heterocycles. The lowest BCUT2D eigenvalue weighted by Gasteiger charge is -2.25. The maximum atomic E-state index is 12.2. The number of hydrogen-bond donors (Lipinski definition) is 4. The molecule has 2 unspecified atom stereocenters. The number of carboxylic acids is 1. The first kappa shape index (κ1) is 22.4. The van der Waals surface area contributed by atoms with E-state index in [1.807, 2.05) is 30.3 Å². The van der Waals surface area contributed by atoms with E-state index in [1.54, 1.807) is 27.0 Å². The van der Waals surface area contributed by atoms with E-state index in [1.165, 1.54) is 6.33 Å². The van der Waals surface area contributed by atoms with Gasteiger partial charge in [0.25, 0.3) is 0 Å². The molecular formula is C21H30N4O4. The van der Waals surface area contributed by atoms with Crippen molar-refractivity contribution in [1.82, 2.24) is 20.6 Å². The zero-order chi connectivity index (χ0) is 21.3. The van der Waals surface area contributed by atoms with Crippen molar-refractivity contribution in [2.45, 2.75) is 57.7 Å². The highest BCUT2D eigenvalue weighted by atomic mass is 16.6. The Morgan fingerprint density at radius 2 is 1.97 bits per heavy atom. The summed E-state index contributed by atoms with van der Waals surface area (Å²) >= 11 is 0. The predicted octanol–water partition coefficient (Wildman–Crippen LogP) is 2.52. The molecule has 29 heavy (non-hydrogen) atoms. The van der Waals surface area contributed by atoms with Crippen LogP contribution >= 0.6 is 0 Å². The second-order valence-corrected chi connectivity index (χ2v) is 7.95. The van der Waals surface area contributed by atoms with Crippen molar-refractivity contribution in [3.8, 4) is 0 Å². The van der Waals surface area contributed by atoms with Crippen LogP contribution in [0.4, 0.5) is 4.79 Å². The summed E-state index contributed by atoms with van der Waals surface area (Å²) in [6.45, 7) is 5.70. The summed E-state index contributed by atoms with van der Waals surface area (Å²) < 4.78 is 5.35. The zero-order valence-electron chi connectivity index (χ0n) is 17.1. The Bertz CT molecular complexity index is 757. The fraction of sp³-hybridized carbons (Fsp3) is 0.476. The summed E-state index contributed by atoms with van der Waals surface area (Å²) in [4.78, 5) is 30.7. The molecule has 0 spiro atoms. The van der Waals surface area contributed by atoms with Crippen molar-refractivity contribution in [2.75, 3.05) is 6.54 Å². The number of imidazole rings is 1. The van der Waals surface area contributed by atoms with Crippen LogP contribution in [0.2, 0.25) is 0 Å². The molecule has 1 amide bonds. The minimum Gasteiger partial charge on any atom is -0.480 e. The van der Waals surface area contributed by atoms with Crippen LogP contribution < -0.4 is 10.6 Å². The van der Waals surface area contributed by atoms with Gasteiger partial charge in [0.1, 0.15) is 11.6 Å². The highest BCUT2D eigenvalue weighted by Gasteiger charge is 2.23. The number of H-pyrrole nitrogens is 1. The van der Waals surface area contributed by atoms with E-state index in [4.69, 9.17) is 4.74 Å². The number of nitrogens with one attached hydrogen (secondary N) is 3. The van der Waals surface area contributed by atoms with E-state index in [0.717, 1.165) is 17.7 Å². The van der Waals surface area contributed by atoms with Gasteiger partial charge in [-0.1, -0.05) is 30.3 Å². The summed E-state index contributed by atoms with van der Waals surface area (Å²) in [5.41, 5.74) is 1.27. The van der Waals surface area contributed by atoms with Gasteiger partial charge in [0, 0.05) is 30.9 Å². The van der Waals surface area contributed by atoms with Crippen LogP contribution in [0.15, 0.2) is 42.9 Å². The zero-order valence-corrected chi connectivity index (χ0v) is 17.1. The second kappa shape index (κ2) is 10.6. The molecule has 2 atom stereocenters. The molecule has 158 valence electrons. The van der Waals surface area contributed by atoms with Crippen LogP contribution in [0.25, 0.3) is 0 Å². The Balaban J connectivity index is 1.98. The molecule has 8 heteroatoms. The van der Waals surface area contributed by atoms with Crippen LogP contribution in [0, 0.1) is 0 Å². The number of aromatic nitrogens is 2. The van der Waals surface area contributed by atoms with Gasteiger partial charge in [0.2, 0.25) is 0 Å². The molecule has 1 heterocycles. The molecule has 0 radical (unpaired) electrons. The first-order chi connectivity index (χ1) is 13.7. The fourth-order valence-corrected chi connectivity index (χ4v) is 2.83. The standard InChI is InChI=1S/C21H30N4O4/c1-21(2,3)29-20(28)25-16(10-9-15-7-5-4-6-8-15)13-23-18(19(26)27)11-17-12-22-14-24-17/h4-8,12,14,16,18,23H,9-11,13H2,1-3H3,(H,22,24)(H,25,28)(H,26,27). The van der Waals surface area contributed by atoms with Gasteiger partial charge in [-0.05, 0) is 39.2 Å². The lowest BCUT2D eigenvalue weighted by Crippen LogP contribution is -2.49. The molecule has 0 saturated carbocycles. The first-order valence-corrected chi connectivity index (χ1v) is 9.70. The number of ether oxygens (including phenoxy) is 1. The van der Waals surface area contributed by atoms with Gasteiger partial charge in [-0.15, -0.1) is 0 Å². The molecule has 0 aliphatic heterocycles. The van der Waals surface area contributed by atoms with E-state index in [9.17, 15) is 14.7 Å². The third-order valence-corrected chi connectivity index (χ3v) is 4.23. The Morgan fingerprint density at radius 3 is 2.55 bits per heavy atom. The molecule has 4 N–H and O–H groups in total. The van der Waals surface area contributed by atoms with Crippen LogP contribution in [0.5, 0.6) is 0 Å². The molecule has 2 rings (SSSR count). The predicted molar refractivity (Wildman–Crippen MR) is 110 cm³/mol. The van der Waals surface area contributed by atoms with Crippen LogP contribution in [-0.4, -0.2) is 51.4 Å². The van der Waals surface area contributed by atoms with Crippen LogP contribution in [0.3, 0.4) is 0 Å². The topological polar surface area (TPSA) is 116 Å². The lowest BCUT2D eigenvalue weighted by molar-refractivity contribution is -0.139. The van der Waals surface area contributed by atoms with E-state index < -0.39 is 23.7 Å². The molecule has 2 aromatic rings. The maximum absolute atomic E-state index is 12.2. The number of carbonyl (C=O) groups excluding carboxylic acids is 1. The quantitative estimate of drug-likeness (QED) is 0.485. The van der Waals surface area contributed by atoms with Crippen molar-refractivity contribution in [2.24, 2.45) is 0 Å². The highest BCUT2D eigenvalue weighted by Crippen LogP contribution is 2.09. The number of aromatic amines is 1.